The monoisotopic (exact) mass is 344 g/mol. The summed E-state index contributed by atoms with van der Waals surface area (Å²) in [5, 5.41) is 0. The zero-order valence-electron chi connectivity index (χ0n) is 15.8. The molecule has 0 aromatic carbocycles. The molecule has 0 saturated carbocycles. The molecule has 136 valence electrons. The number of ether oxygens (including phenoxy) is 2. The van der Waals surface area contributed by atoms with Crippen molar-refractivity contribution in [2.75, 3.05) is 14.1 Å². The molecule has 0 fully saturated rings. The van der Waals surface area contributed by atoms with Crippen LogP contribution in [0.4, 0.5) is 4.79 Å². The number of carbonyl (C=O) groups is 1. The van der Waals surface area contributed by atoms with Crippen LogP contribution in [0.15, 0.2) is 55.1 Å². The van der Waals surface area contributed by atoms with Crippen LogP contribution in [0, 0.1) is 0 Å². The number of aromatic nitrogens is 1. The van der Waals surface area contributed by atoms with Crippen LogP contribution in [0.1, 0.15) is 32.8 Å². The first-order valence-electron chi connectivity index (χ1n) is 8.17. The van der Waals surface area contributed by atoms with Crippen molar-refractivity contribution in [1.29, 1.82) is 0 Å². The second kappa shape index (κ2) is 9.06. The number of nitrogens with zero attached hydrogens (tertiary/aromatic N) is 2. The fourth-order valence-corrected chi connectivity index (χ4v) is 2.01. The highest BCUT2D eigenvalue weighted by molar-refractivity contribution is 5.67. The van der Waals surface area contributed by atoms with E-state index in [-0.39, 0.29) is 11.7 Å². The van der Waals surface area contributed by atoms with Crippen molar-refractivity contribution in [1.82, 2.24) is 9.88 Å². The number of rotatable bonds is 2. The fraction of sp³-hybridized carbons (Fsp3) is 0.400. The Morgan fingerprint density at radius 1 is 1.28 bits per heavy atom. The summed E-state index contributed by atoms with van der Waals surface area (Å²) in [4.78, 5) is 16.3. The van der Waals surface area contributed by atoms with Gasteiger partial charge >= 0.3 is 6.09 Å². The molecule has 1 aromatic heterocycles. The molecule has 0 radical (unpaired) electrons. The van der Waals surface area contributed by atoms with Crippen LogP contribution in [0.2, 0.25) is 0 Å². The zero-order valence-corrected chi connectivity index (χ0v) is 15.8. The molecule has 0 aliphatic carbocycles. The Labute approximate surface area is 150 Å². The molecule has 0 atom stereocenters. The molecule has 1 amide bonds. The Morgan fingerprint density at radius 2 is 1.96 bits per heavy atom. The van der Waals surface area contributed by atoms with Crippen molar-refractivity contribution in [2.45, 2.75) is 39.2 Å². The first-order valence-corrected chi connectivity index (χ1v) is 8.17. The Morgan fingerprint density at radius 3 is 2.44 bits per heavy atom. The van der Waals surface area contributed by atoms with Crippen LogP contribution in [-0.4, -0.2) is 35.7 Å². The van der Waals surface area contributed by atoms with Crippen LogP contribution < -0.4 is 4.74 Å². The van der Waals surface area contributed by atoms with Gasteiger partial charge in [0.15, 0.2) is 0 Å². The summed E-state index contributed by atoms with van der Waals surface area (Å²) in [5.74, 6) is 1.61. The fourth-order valence-electron chi connectivity index (χ4n) is 2.01. The summed E-state index contributed by atoms with van der Waals surface area (Å²) in [6.45, 7) is 13.1. The lowest BCUT2D eigenvalue weighted by Crippen LogP contribution is -2.31. The predicted molar refractivity (Wildman–Crippen MR) is 101 cm³/mol. The van der Waals surface area contributed by atoms with E-state index in [9.17, 15) is 4.79 Å². The molecular formula is C20H28N2O3. The smallest absolute Gasteiger partial charge is 0.409 e. The summed E-state index contributed by atoms with van der Waals surface area (Å²) >= 11 is 0. The molecule has 2 heterocycles. The Bertz CT molecular complexity index is 655. The second-order valence-electron chi connectivity index (χ2n) is 6.76. The number of aryl methyl sites for hydroxylation is 1. The van der Waals surface area contributed by atoms with Gasteiger partial charge in [-0.05, 0) is 56.9 Å². The van der Waals surface area contributed by atoms with E-state index in [4.69, 9.17) is 9.47 Å². The molecule has 1 aliphatic heterocycles. The number of fused-ring (bicyclic) bond motifs is 1. The van der Waals surface area contributed by atoms with Gasteiger partial charge in [0.05, 0.1) is 6.20 Å². The molecule has 5 heteroatoms. The van der Waals surface area contributed by atoms with E-state index in [1.807, 2.05) is 32.9 Å². The predicted octanol–water partition coefficient (Wildman–Crippen LogP) is 4.52. The van der Waals surface area contributed by atoms with Crippen LogP contribution in [0.25, 0.3) is 0 Å². The number of allylic oxidation sites excluding steroid dienone is 3. The van der Waals surface area contributed by atoms with Crippen LogP contribution >= 0.6 is 0 Å². The van der Waals surface area contributed by atoms with Gasteiger partial charge in [0.2, 0.25) is 0 Å². The molecule has 1 aliphatic rings. The van der Waals surface area contributed by atoms with E-state index in [1.54, 1.807) is 32.6 Å². The minimum Gasteiger partial charge on any atom is -0.455 e. The van der Waals surface area contributed by atoms with Gasteiger partial charge < -0.3 is 14.4 Å². The molecule has 0 spiro atoms. The molecule has 5 nitrogen and oxygen atoms in total. The minimum atomic E-state index is -0.388. The van der Waals surface area contributed by atoms with Crippen LogP contribution in [0.5, 0.6) is 5.75 Å². The largest absolute Gasteiger partial charge is 0.455 e. The number of pyridine rings is 1. The highest BCUT2D eigenvalue weighted by Crippen LogP contribution is 2.28. The third-order valence-electron chi connectivity index (χ3n) is 3.26. The first-order chi connectivity index (χ1) is 11.7. The van der Waals surface area contributed by atoms with E-state index in [1.165, 1.54) is 10.5 Å². The SMILES string of the molecule is C=CC1=C(C=C)Oc2cnccc2CC1.CN(C)C(=O)OC(C)(C)C. The third kappa shape index (κ3) is 6.83. The maximum atomic E-state index is 10.9. The van der Waals surface area contributed by atoms with Crippen molar-refractivity contribution in [3.63, 3.8) is 0 Å². The molecule has 0 bridgehead atoms. The van der Waals surface area contributed by atoms with Gasteiger partial charge in [0, 0.05) is 20.3 Å². The molecule has 0 N–H and O–H groups in total. The van der Waals surface area contributed by atoms with Crippen LogP contribution in [-0.2, 0) is 11.2 Å². The quantitative estimate of drug-likeness (QED) is 0.792. The number of amides is 1. The lowest BCUT2D eigenvalue weighted by Gasteiger charge is -2.22. The number of hydrogen-bond acceptors (Lipinski definition) is 4. The number of carbonyl (C=O) groups excluding carboxylic acids is 1. The number of hydrogen-bond donors (Lipinski definition) is 0. The average molecular weight is 344 g/mol. The highest BCUT2D eigenvalue weighted by atomic mass is 16.6. The Hall–Kier alpha value is -2.56. The molecule has 25 heavy (non-hydrogen) atoms. The van der Waals surface area contributed by atoms with E-state index < -0.39 is 0 Å². The minimum absolute atomic E-state index is 0.299. The van der Waals surface area contributed by atoms with E-state index in [0.29, 0.717) is 0 Å². The molecular weight excluding hydrogens is 316 g/mol. The van der Waals surface area contributed by atoms with Gasteiger partial charge in [-0.3, -0.25) is 4.98 Å². The van der Waals surface area contributed by atoms with E-state index in [0.717, 1.165) is 29.9 Å². The van der Waals surface area contributed by atoms with Crippen molar-refractivity contribution in [2.24, 2.45) is 0 Å². The molecule has 2 rings (SSSR count). The van der Waals surface area contributed by atoms with Gasteiger partial charge in [0.25, 0.3) is 0 Å². The van der Waals surface area contributed by atoms with Gasteiger partial charge in [-0.2, -0.15) is 0 Å². The summed E-state index contributed by atoms with van der Waals surface area (Å²) in [6, 6.07) is 1.99. The summed E-state index contributed by atoms with van der Waals surface area (Å²) in [7, 11) is 3.32. The standard InChI is InChI=1S/C13H13NO.C7H15NO2/c1-3-10-5-6-11-7-8-14-9-13(11)15-12(10)4-2;1-7(2,3)10-6(9)8(4)5/h3-4,7-9H,1-2,5-6H2;1-5H3. The van der Waals surface area contributed by atoms with Crippen molar-refractivity contribution in [3.8, 4) is 5.75 Å². The van der Waals surface area contributed by atoms with E-state index in [2.05, 4.69) is 18.1 Å². The highest BCUT2D eigenvalue weighted by Gasteiger charge is 2.17. The topological polar surface area (TPSA) is 51.7 Å². The summed E-state index contributed by atoms with van der Waals surface area (Å²) in [5.41, 5.74) is 1.89. The maximum absolute atomic E-state index is 10.9. The van der Waals surface area contributed by atoms with E-state index >= 15 is 0 Å². The molecule has 1 aromatic rings. The van der Waals surface area contributed by atoms with Gasteiger partial charge in [-0.1, -0.05) is 19.2 Å². The normalized spacial score (nSPS) is 13.3. The van der Waals surface area contributed by atoms with Crippen molar-refractivity contribution >= 4 is 6.09 Å². The maximum Gasteiger partial charge on any atom is 0.409 e. The molecule has 0 unspecified atom stereocenters. The van der Waals surface area contributed by atoms with Crippen molar-refractivity contribution < 1.29 is 14.3 Å². The van der Waals surface area contributed by atoms with Gasteiger partial charge in [-0.15, -0.1) is 0 Å². The lowest BCUT2D eigenvalue weighted by atomic mass is 10.1. The van der Waals surface area contributed by atoms with Crippen molar-refractivity contribution in [3.05, 3.63) is 60.7 Å². The average Bonchev–Trinajstić information content (AvgIpc) is 2.72. The first kappa shape index (κ1) is 20.5. The van der Waals surface area contributed by atoms with Gasteiger partial charge in [-0.25, -0.2) is 4.79 Å². The van der Waals surface area contributed by atoms with Gasteiger partial charge in [0.1, 0.15) is 17.1 Å². The second-order valence-corrected chi connectivity index (χ2v) is 6.76. The Kier molecular flexibility index (Phi) is 7.43. The molecule has 0 saturated heterocycles. The summed E-state index contributed by atoms with van der Waals surface area (Å²) in [6.07, 6.45) is 8.67. The Balaban J connectivity index is 0.000000275. The van der Waals surface area contributed by atoms with Crippen LogP contribution in [0.3, 0.4) is 0 Å². The third-order valence-corrected chi connectivity index (χ3v) is 3.26. The lowest BCUT2D eigenvalue weighted by molar-refractivity contribution is 0.0341. The zero-order chi connectivity index (χ0) is 19.0. The summed E-state index contributed by atoms with van der Waals surface area (Å²) < 4.78 is 10.7.